The Balaban J connectivity index is 2.27. The molecule has 1 atom stereocenters. The van der Waals surface area contributed by atoms with Gasteiger partial charge in [0.1, 0.15) is 0 Å². The average molecular weight is 162 g/mol. The molecule has 1 fully saturated rings. The number of hydrogen-bond acceptors (Lipinski definition) is 3. The third-order valence-electron chi connectivity index (χ3n) is 1.53. The molecule has 0 aromatic rings. The molecule has 0 spiro atoms. The first-order valence-corrected chi connectivity index (χ1v) is 4.92. The first-order valence-electron chi connectivity index (χ1n) is 3.71. The number of hydrogen-bond donors (Lipinski definition) is 1. The number of nitrogens with one attached hydrogen (secondary N) is 1. The Morgan fingerprint density at radius 2 is 2.50 bits per heavy atom. The summed E-state index contributed by atoms with van der Waals surface area (Å²) in [5.74, 6) is 0. The van der Waals surface area contributed by atoms with Crippen molar-refractivity contribution in [2.45, 2.75) is 13.3 Å². The van der Waals surface area contributed by atoms with Crippen molar-refractivity contribution in [3.05, 3.63) is 0 Å². The van der Waals surface area contributed by atoms with Gasteiger partial charge in [-0.25, -0.2) is 4.67 Å². The van der Waals surface area contributed by atoms with E-state index in [-0.39, 0.29) is 0 Å². The van der Waals surface area contributed by atoms with E-state index in [2.05, 4.69) is 16.7 Å². The molecule has 0 aromatic heterocycles. The highest BCUT2D eigenvalue weighted by atomic mass is 31.2. The fourth-order valence-electron chi connectivity index (χ4n) is 1.11. The van der Waals surface area contributed by atoms with E-state index in [9.17, 15) is 0 Å². The molecule has 10 heavy (non-hydrogen) atoms. The van der Waals surface area contributed by atoms with Crippen molar-refractivity contribution < 1.29 is 4.52 Å². The van der Waals surface area contributed by atoms with Gasteiger partial charge in [-0.1, -0.05) is 6.92 Å². The van der Waals surface area contributed by atoms with E-state index >= 15 is 0 Å². The van der Waals surface area contributed by atoms with E-state index in [0.717, 1.165) is 19.6 Å². The second kappa shape index (κ2) is 4.24. The van der Waals surface area contributed by atoms with Gasteiger partial charge in [0.05, 0.1) is 0 Å². The maximum Gasteiger partial charge on any atom is 0.184 e. The van der Waals surface area contributed by atoms with Crippen LogP contribution >= 0.6 is 8.45 Å². The summed E-state index contributed by atoms with van der Waals surface area (Å²) in [5.41, 5.74) is 0. The molecule has 1 rings (SSSR count). The average Bonchev–Trinajstić information content (AvgIpc) is 2.36. The lowest BCUT2D eigenvalue weighted by molar-refractivity contribution is 0.389. The van der Waals surface area contributed by atoms with Crippen LogP contribution < -0.4 is 5.09 Å². The standard InChI is InChI=1S/C6H15N2OP/c1-3-5-8-6-4-7-10(8)9-2/h7H,3-6H2,1-2H3. The molecule has 1 unspecified atom stereocenters. The van der Waals surface area contributed by atoms with Crippen LogP contribution in [0, 0.1) is 0 Å². The van der Waals surface area contributed by atoms with Gasteiger partial charge in [0.2, 0.25) is 0 Å². The molecular formula is C6H15N2OP. The van der Waals surface area contributed by atoms with Crippen LogP contribution in [0.15, 0.2) is 0 Å². The summed E-state index contributed by atoms with van der Waals surface area (Å²) in [6.45, 7) is 5.58. The number of nitrogens with zero attached hydrogens (tertiary/aromatic N) is 1. The zero-order valence-electron chi connectivity index (χ0n) is 6.63. The van der Waals surface area contributed by atoms with Gasteiger partial charge in [-0.3, -0.25) is 5.09 Å². The normalized spacial score (nSPS) is 27.6. The lowest BCUT2D eigenvalue weighted by atomic mass is 10.5. The molecule has 0 aliphatic carbocycles. The molecule has 0 saturated carbocycles. The summed E-state index contributed by atoms with van der Waals surface area (Å²) < 4.78 is 7.63. The van der Waals surface area contributed by atoms with Crippen molar-refractivity contribution in [1.29, 1.82) is 0 Å². The second-order valence-corrected chi connectivity index (χ2v) is 4.11. The predicted molar refractivity (Wildman–Crippen MR) is 43.8 cm³/mol. The second-order valence-electron chi connectivity index (χ2n) is 2.32. The molecule has 0 radical (unpaired) electrons. The molecule has 1 aliphatic rings. The Kier molecular flexibility index (Phi) is 3.57. The summed E-state index contributed by atoms with van der Waals surface area (Å²) in [6, 6.07) is 0. The summed E-state index contributed by atoms with van der Waals surface area (Å²) in [4.78, 5) is 0. The molecule has 1 saturated heterocycles. The van der Waals surface area contributed by atoms with E-state index in [1.54, 1.807) is 7.11 Å². The maximum atomic E-state index is 5.26. The van der Waals surface area contributed by atoms with E-state index in [0.29, 0.717) is 0 Å². The first-order chi connectivity index (χ1) is 4.88. The zero-order chi connectivity index (χ0) is 7.40. The first kappa shape index (κ1) is 8.41. The van der Waals surface area contributed by atoms with Crippen LogP contribution in [0.3, 0.4) is 0 Å². The van der Waals surface area contributed by atoms with Gasteiger partial charge in [0.15, 0.2) is 8.45 Å². The smallest absolute Gasteiger partial charge is 0.184 e. The van der Waals surface area contributed by atoms with Crippen LogP contribution in [0.25, 0.3) is 0 Å². The maximum absolute atomic E-state index is 5.26. The summed E-state index contributed by atoms with van der Waals surface area (Å²) >= 11 is 0. The highest BCUT2D eigenvalue weighted by Gasteiger charge is 2.22. The van der Waals surface area contributed by atoms with Crippen molar-refractivity contribution >= 4 is 8.45 Å². The highest BCUT2D eigenvalue weighted by molar-refractivity contribution is 7.48. The van der Waals surface area contributed by atoms with Gasteiger partial charge in [0, 0.05) is 26.7 Å². The van der Waals surface area contributed by atoms with Gasteiger partial charge in [-0.05, 0) is 6.42 Å². The van der Waals surface area contributed by atoms with Crippen LogP contribution in [-0.4, -0.2) is 31.4 Å². The predicted octanol–water partition coefficient (Wildman–Crippen LogP) is 1.17. The zero-order valence-corrected chi connectivity index (χ0v) is 7.53. The van der Waals surface area contributed by atoms with E-state index in [4.69, 9.17) is 4.52 Å². The van der Waals surface area contributed by atoms with Crippen LogP contribution in [0.4, 0.5) is 0 Å². The Labute approximate surface area is 63.7 Å². The molecule has 4 heteroatoms. The van der Waals surface area contributed by atoms with E-state index in [1.165, 1.54) is 6.42 Å². The van der Waals surface area contributed by atoms with Gasteiger partial charge in [-0.15, -0.1) is 0 Å². The molecule has 1 aliphatic heterocycles. The van der Waals surface area contributed by atoms with Crippen LogP contribution in [-0.2, 0) is 4.52 Å². The van der Waals surface area contributed by atoms with Crippen molar-refractivity contribution in [2.75, 3.05) is 26.7 Å². The fraction of sp³-hybridized carbons (Fsp3) is 1.00. The monoisotopic (exact) mass is 162 g/mol. The lowest BCUT2D eigenvalue weighted by Crippen LogP contribution is -2.15. The van der Waals surface area contributed by atoms with Crippen LogP contribution in [0.2, 0.25) is 0 Å². The Morgan fingerprint density at radius 1 is 1.70 bits per heavy atom. The van der Waals surface area contributed by atoms with Gasteiger partial charge in [0.25, 0.3) is 0 Å². The SMILES string of the molecule is CCCN1CCNP1OC. The molecule has 0 amide bonds. The Hall–Kier alpha value is 0.310. The minimum Gasteiger partial charge on any atom is -0.335 e. The van der Waals surface area contributed by atoms with Crippen molar-refractivity contribution in [2.24, 2.45) is 0 Å². The summed E-state index contributed by atoms with van der Waals surface area (Å²) in [6.07, 6.45) is 1.21. The summed E-state index contributed by atoms with van der Waals surface area (Å²) in [7, 11) is 1.34. The van der Waals surface area contributed by atoms with E-state index in [1.807, 2.05) is 0 Å². The van der Waals surface area contributed by atoms with Crippen molar-refractivity contribution in [3.63, 3.8) is 0 Å². The number of rotatable bonds is 3. The van der Waals surface area contributed by atoms with Crippen LogP contribution in [0.1, 0.15) is 13.3 Å². The third kappa shape index (κ3) is 1.89. The van der Waals surface area contributed by atoms with Gasteiger partial charge >= 0.3 is 0 Å². The molecule has 60 valence electrons. The molecule has 1 heterocycles. The van der Waals surface area contributed by atoms with Gasteiger partial charge < -0.3 is 4.52 Å². The Morgan fingerprint density at radius 3 is 3.10 bits per heavy atom. The van der Waals surface area contributed by atoms with Crippen molar-refractivity contribution in [1.82, 2.24) is 9.76 Å². The largest absolute Gasteiger partial charge is 0.335 e. The fourth-order valence-corrected chi connectivity index (χ4v) is 2.62. The molecule has 0 aromatic carbocycles. The molecule has 0 bridgehead atoms. The minimum absolute atomic E-state index is 0.429. The minimum atomic E-state index is -0.429. The highest BCUT2D eigenvalue weighted by Crippen LogP contribution is 2.38. The van der Waals surface area contributed by atoms with E-state index < -0.39 is 8.45 Å². The summed E-state index contributed by atoms with van der Waals surface area (Å²) in [5, 5.41) is 3.31. The topological polar surface area (TPSA) is 24.5 Å². The third-order valence-corrected chi connectivity index (χ3v) is 3.28. The van der Waals surface area contributed by atoms with Gasteiger partial charge in [-0.2, -0.15) is 0 Å². The molecule has 1 N–H and O–H groups in total. The lowest BCUT2D eigenvalue weighted by Gasteiger charge is -2.19. The molecular weight excluding hydrogens is 147 g/mol. The Bertz CT molecular complexity index is 102. The van der Waals surface area contributed by atoms with Crippen molar-refractivity contribution in [3.8, 4) is 0 Å². The quantitative estimate of drug-likeness (QED) is 0.630. The van der Waals surface area contributed by atoms with Crippen LogP contribution in [0.5, 0.6) is 0 Å². The molecule has 3 nitrogen and oxygen atoms in total.